The Morgan fingerprint density at radius 2 is 2.14 bits per heavy atom. The molecule has 146 valence electrons. The van der Waals surface area contributed by atoms with Gasteiger partial charge < -0.3 is 20.5 Å². The maximum atomic E-state index is 12.4. The van der Waals surface area contributed by atoms with E-state index in [1.165, 1.54) is 0 Å². The molecule has 0 radical (unpaired) electrons. The number of ether oxygens (including phenoxy) is 2. The second kappa shape index (κ2) is 7.77. The molecule has 0 saturated heterocycles. The molecule has 1 aromatic rings. The first kappa shape index (κ1) is 19.5. The summed E-state index contributed by atoms with van der Waals surface area (Å²) in [6, 6.07) is 7.22. The number of carbonyl (C=O) groups excluding carboxylic acids is 1. The zero-order valence-corrected chi connectivity index (χ0v) is 16.4. The van der Waals surface area contributed by atoms with Gasteiger partial charge in [-0.1, -0.05) is 6.07 Å². The molecule has 7 nitrogen and oxygen atoms in total. The predicted octanol–water partition coefficient (Wildman–Crippen LogP) is 2.35. The normalized spacial score (nSPS) is 23.6. The van der Waals surface area contributed by atoms with Gasteiger partial charge in [0.1, 0.15) is 5.75 Å². The van der Waals surface area contributed by atoms with Crippen LogP contribution in [0, 0.1) is 17.2 Å². The number of methoxy groups -OCH3 is 1. The Morgan fingerprint density at radius 1 is 1.39 bits per heavy atom. The maximum Gasteiger partial charge on any atom is 0.247 e. The van der Waals surface area contributed by atoms with Crippen molar-refractivity contribution >= 4 is 11.8 Å². The minimum absolute atomic E-state index is 0.0903. The SMILES string of the molecule is CCOC1=NC=C(C)C2NC(C)=C(C(N)=O)C(c3ccc(C#N)cc3OC)C12. The van der Waals surface area contributed by atoms with E-state index in [4.69, 9.17) is 15.2 Å². The molecular formula is C21H24N4O3. The molecule has 1 aromatic carbocycles. The molecule has 0 saturated carbocycles. The Bertz CT molecular complexity index is 939. The molecular weight excluding hydrogens is 356 g/mol. The van der Waals surface area contributed by atoms with Crippen LogP contribution in [0.25, 0.3) is 0 Å². The van der Waals surface area contributed by atoms with Crippen molar-refractivity contribution in [1.29, 1.82) is 5.26 Å². The van der Waals surface area contributed by atoms with Gasteiger partial charge in [0.15, 0.2) is 5.90 Å². The Kier molecular flexibility index (Phi) is 5.41. The van der Waals surface area contributed by atoms with Crippen molar-refractivity contribution in [2.45, 2.75) is 32.7 Å². The number of nitrogens with two attached hydrogens (primary N) is 1. The zero-order chi connectivity index (χ0) is 20.4. The van der Waals surface area contributed by atoms with E-state index in [0.29, 0.717) is 29.4 Å². The van der Waals surface area contributed by atoms with E-state index < -0.39 is 11.8 Å². The van der Waals surface area contributed by atoms with E-state index in [2.05, 4.69) is 16.4 Å². The highest BCUT2D eigenvalue weighted by molar-refractivity contribution is 5.97. The van der Waals surface area contributed by atoms with Crippen LogP contribution in [0.2, 0.25) is 0 Å². The van der Waals surface area contributed by atoms with E-state index >= 15 is 0 Å². The number of hydrogen-bond acceptors (Lipinski definition) is 6. The third kappa shape index (κ3) is 3.22. The predicted molar refractivity (Wildman–Crippen MR) is 106 cm³/mol. The van der Waals surface area contributed by atoms with Crippen LogP contribution in [0.4, 0.5) is 0 Å². The van der Waals surface area contributed by atoms with Crippen LogP contribution in [0.1, 0.15) is 37.8 Å². The van der Waals surface area contributed by atoms with Gasteiger partial charge in [0.05, 0.1) is 37.3 Å². The quantitative estimate of drug-likeness (QED) is 0.833. The third-order valence-corrected chi connectivity index (χ3v) is 5.23. The van der Waals surface area contributed by atoms with Crippen LogP contribution in [0.15, 0.2) is 46.2 Å². The van der Waals surface area contributed by atoms with Gasteiger partial charge in [0, 0.05) is 29.0 Å². The van der Waals surface area contributed by atoms with Crippen molar-refractivity contribution in [2.75, 3.05) is 13.7 Å². The number of aliphatic imine (C=N–C) groups is 1. The van der Waals surface area contributed by atoms with E-state index in [1.807, 2.05) is 26.8 Å². The molecule has 3 rings (SSSR count). The molecule has 3 atom stereocenters. The molecule has 28 heavy (non-hydrogen) atoms. The summed E-state index contributed by atoms with van der Waals surface area (Å²) in [6.07, 6.45) is 1.79. The summed E-state index contributed by atoms with van der Waals surface area (Å²) in [4.78, 5) is 16.9. The molecule has 3 unspecified atom stereocenters. The van der Waals surface area contributed by atoms with Gasteiger partial charge in [-0.05, 0) is 38.5 Å². The van der Waals surface area contributed by atoms with Crippen LogP contribution in [-0.2, 0) is 9.53 Å². The number of rotatable bonds is 4. The molecule has 2 aliphatic heterocycles. The Balaban J connectivity index is 2.26. The lowest BCUT2D eigenvalue weighted by atomic mass is 9.70. The number of nitrogens with one attached hydrogen (secondary N) is 1. The van der Waals surface area contributed by atoms with E-state index in [9.17, 15) is 10.1 Å². The number of amides is 1. The number of allylic oxidation sites excluding steroid dienone is 1. The number of benzene rings is 1. The van der Waals surface area contributed by atoms with Crippen LogP contribution < -0.4 is 15.8 Å². The molecule has 2 aliphatic rings. The summed E-state index contributed by atoms with van der Waals surface area (Å²) in [5.41, 5.74) is 9.25. The fourth-order valence-corrected chi connectivity index (χ4v) is 4.03. The highest BCUT2D eigenvalue weighted by Crippen LogP contribution is 2.45. The van der Waals surface area contributed by atoms with Crippen molar-refractivity contribution < 1.29 is 14.3 Å². The fraction of sp³-hybridized carbons (Fsp3) is 0.381. The van der Waals surface area contributed by atoms with Crippen molar-refractivity contribution in [2.24, 2.45) is 16.6 Å². The third-order valence-electron chi connectivity index (χ3n) is 5.23. The molecule has 3 N–H and O–H groups in total. The van der Waals surface area contributed by atoms with Crippen molar-refractivity contribution in [1.82, 2.24) is 5.32 Å². The second-order valence-electron chi connectivity index (χ2n) is 6.87. The monoisotopic (exact) mass is 380 g/mol. The van der Waals surface area contributed by atoms with E-state index in [1.54, 1.807) is 25.4 Å². The molecule has 7 heteroatoms. The summed E-state index contributed by atoms with van der Waals surface area (Å²) in [5, 5.41) is 12.6. The number of fused-ring (bicyclic) bond motifs is 1. The lowest BCUT2D eigenvalue weighted by Crippen LogP contribution is -2.51. The first-order valence-corrected chi connectivity index (χ1v) is 9.15. The van der Waals surface area contributed by atoms with Crippen molar-refractivity contribution in [3.8, 4) is 11.8 Å². The highest BCUT2D eigenvalue weighted by Gasteiger charge is 2.46. The summed E-state index contributed by atoms with van der Waals surface area (Å²) in [5.74, 6) is -0.117. The minimum Gasteiger partial charge on any atom is -0.496 e. The Morgan fingerprint density at radius 3 is 2.75 bits per heavy atom. The van der Waals surface area contributed by atoms with E-state index in [0.717, 1.165) is 16.8 Å². The lowest BCUT2D eigenvalue weighted by molar-refractivity contribution is -0.115. The topological polar surface area (TPSA) is 110 Å². The van der Waals surface area contributed by atoms with Gasteiger partial charge in [-0.3, -0.25) is 4.79 Å². The molecule has 0 aliphatic carbocycles. The molecule has 1 amide bonds. The van der Waals surface area contributed by atoms with Crippen LogP contribution in [0.3, 0.4) is 0 Å². The summed E-state index contributed by atoms with van der Waals surface area (Å²) < 4.78 is 11.4. The van der Waals surface area contributed by atoms with Crippen LogP contribution in [0.5, 0.6) is 5.75 Å². The largest absolute Gasteiger partial charge is 0.496 e. The molecule has 0 aromatic heterocycles. The molecule has 0 bridgehead atoms. The first-order valence-electron chi connectivity index (χ1n) is 9.15. The summed E-state index contributed by atoms with van der Waals surface area (Å²) in [6.45, 7) is 6.19. The van der Waals surface area contributed by atoms with Crippen LogP contribution in [-0.4, -0.2) is 31.6 Å². The number of nitrogens with zero attached hydrogens (tertiary/aromatic N) is 2. The average Bonchev–Trinajstić information content (AvgIpc) is 2.68. The fourth-order valence-electron chi connectivity index (χ4n) is 4.03. The number of primary amides is 1. The maximum absolute atomic E-state index is 12.4. The lowest BCUT2D eigenvalue weighted by Gasteiger charge is -2.42. The number of nitriles is 1. The number of carbonyl (C=O) groups is 1. The van der Waals surface area contributed by atoms with Gasteiger partial charge in [-0.15, -0.1) is 0 Å². The Labute approximate surface area is 164 Å². The van der Waals surface area contributed by atoms with E-state index in [-0.39, 0.29) is 12.0 Å². The molecule has 2 heterocycles. The minimum atomic E-state index is -0.511. The molecule has 0 spiro atoms. The second-order valence-corrected chi connectivity index (χ2v) is 6.87. The van der Waals surface area contributed by atoms with Crippen molar-refractivity contribution in [3.63, 3.8) is 0 Å². The van der Waals surface area contributed by atoms with Crippen LogP contribution >= 0.6 is 0 Å². The first-order chi connectivity index (χ1) is 13.4. The highest BCUT2D eigenvalue weighted by atomic mass is 16.5. The van der Waals surface area contributed by atoms with Gasteiger partial charge in [0.2, 0.25) is 5.91 Å². The Hall–Kier alpha value is -3.27. The number of hydrogen-bond donors (Lipinski definition) is 2. The summed E-state index contributed by atoms with van der Waals surface area (Å²) >= 11 is 0. The van der Waals surface area contributed by atoms with Gasteiger partial charge in [-0.2, -0.15) is 5.26 Å². The average molecular weight is 380 g/mol. The smallest absolute Gasteiger partial charge is 0.247 e. The van der Waals surface area contributed by atoms with Gasteiger partial charge >= 0.3 is 0 Å². The molecule has 0 fully saturated rings. The van der Waals surface area contributed by atoms with Gasteiger partial charge in [-0.25, -0.2) is 4.99 Å². The summed E-state index contributed by atoms with van der Waals surface area (Å²) in [7, 11) is 1.54. The zero-order valence-electron chi connectivity index (χ0n) is 16.4. The standard InChI is InChI=1S/C21H24N4O3/c1-5-28-21-18-17(14-7-6-13(9-22)8-15(14)27-4)16(20(23)26)12(3)25-19(18)11(2)10-24-21/h6-8,10,17-19,25H,5H2,1-4H3,(H2,23,26). The van der Waals surface area contributed by atoms with Crippen molar-refractivity contribution in [3.05, 3.63) is 52.4 Å². The van der Waals surface area contributed by atoms with Gasteiger partial charge in [0.25, 0.3) is 0 Å².